The van der Waals surface area contributed by atoms with Gasteiger partial charge in [-0.25, -0.2) is 0 Å². The van der Waals surface area contributed by atoms with Crippen LogP contribution in [0.5, 0.6) is 0 Å². The van der Waals surface area contributed by atoms with Gasteiger partial charge in [-0.15, -0.1) is 0 Å². The summed E-state index contributed by atoms with van der Waals surface area (Å²) < 4.78 is 0. The van der Waals surface area contributed by atoms with E-state index in [1.165, 1.54) is 37.8 Å². The van der Waals surface area contributed by atoms with Crippen LogP contribution in [0.3, 0.4) is 0 Å². The topological polar surface area (TPSA) is 12.0 Å². The largest absolute Gasteiger partial charge is 0.311 e. The van der Waals surface area contributed by atoms with Crippen molar-refractivity contribution in [3.63, 3.8) is 0 Å². The van der Waals surface area contributed by atoms with Crippen LogP contribution in [0.2, 0.25) is 0 Å². The monoisotopic (exact) mass is 181 g/mol. The Morgan fingerprint density at radius 2 is 2.15 bits per heavy atom. The first kappa shape index (κ1) is 10.8. The molecule has 0 aromatic carbocycles. The molecule has 1 nitrogen and oxygen atoms in total. The molecule has 0 aliphatic carbocycles. The lowest BCUT2D eigenvalue weighted by Gasteiger charge is -2.30. The van der Waals surface area contributed by atoms with Gasteiger partial charge in [-0.05, 0) is 39.2 Å². The maximum absolute atomic E-state index is 4.10. The highest BCUT2D eigenvalue weighted by Gasteiger charge is 2.24. The molecule has 1 fully saturated rings. The van der Waals surface area contributed by atoms with Crippen molar-refractivity contribution in [1.29, 1.82) is 0 Å². The van der Waals surface area contributed by atoms with Crippen LogP contribution < -0.4 is 5.32 Å². The molecule has 1 N–H and O–H groups in total. The summed E-state index contributed by atoms with van der Waals surface area (Å²) in [5, 5.41) is 3.66. The zero-order valence-corrected chi connectivity index (χ0v) is 9.16. The molecule has 1 atom stereocenters. The summed E-state index contributed by atoms with van der Waals surface area (Å²) in [5.41, 5.74) is 1.72. The van der Waals surface area contributed by atoms with Crippen molar-refractivity contribution in [2.45, 2.75) is 57.9 Å². The minimum atomic E-state index is 0.337. The van der Waals surface area contributed by atoms with Crippen LogP contribution in [-0.4, -0.2) is 12.1 Å². The van der Waals surface area contributed by atoms with Gasteiger partial charge in [-0.1, -0.05) is 31.9 Å². The molecule has 1 aliphatic heterocycles. The van der Waals surface area contributed by atoms with Crippen molar-refractivity contribution in [2.24, 2.45) is 0 Å². The minimum absolute atomic E-state index is 0.337. The average Bonchev–Trinajstić information content (AvgIpc) is 2.30. The second-order valence-electron chi connectivity index (χ2n) is 4.58. The molecule has 1 heterocycles. The number of hydrogen-bond acceptors (Lipinski definition) is 1. The Morgan fingerprint density at radius 1 is 1.38 bits per heavy atom. The molecule has 1 unspecified atom stereocenters. The summed E-state index contributed by atoms with van der Waals surface area (Å²) in [5.74, 6) is 0. The van der Waals surface area contributed by atoms with Crippen LogP contribution in [0.25, 0.3) is 0 Å². The highest BCUT2D eigenvalue weighted by atomic mass is 15.0. The van der Waals surface area contributed by atoms with Gasteiger partial charge in [0, 0.05) is 5.54 Å². The Balaban J connectivity index is 2.46. The lowest BCUT2D eigenvalue weighted by Crippen LogP contribution is -2.41. The van der Waals surface area contributed by atoms with Gasteiger partial charge in [0.2, 0.25) is 0 Å². The molecule has 0 aromatic rings. The van der Waals surface area contributed by atoms with E-state index in [4.69, 9.17) is 0 Å². The Labute approximate surface area is 82.6 Å². The first-order chi connectivity index (χ1) is 6.16. The van der Waals surface area contributed by atoms with Crippen molar-refractivity contribution in [1.82, 2.24) is 5.32 Å². The molecule has 0 radical (unpaired) electrons. The van der Waals surface area contributed by atoms with Gasteiger partial charge in [0.25, 0.3) is 0 Å². The number of hydrogen-bond donors (Lipinski definition) is 1. The van der Waals surface area contributed by atoms with Gasteiger partial charge < -0.3 is 5.32 Å². The predicted molar refractivity (Wildman–Crippen MR) is 58.9 cm³/mol. The van der Waals surface area contributed by atoms with Crippen molar-refractivity contribution in [3.8, 4) is 0 Å². The summed E-state index contributed by atoms with van der Waals surface area (Å²) >= 11 is 0. The normalized spacial score (nSPS) is 29.7. The van der Waals surface area contributed by atoms with Gasteiger partial charge in [0.05, 0.1) is 0 Å². The van der Waals surface area contributed by atoms with Crippen LogP contribution >= 0.6 is 0 Å². The molecule has 1 aliphatic rings. The lowest BCUT2D eigenvalue weighted by molar-refractivity contribution is 0.343. The van der Waals surface area contributed by atoms with Crippen LogP contribution in [0.1, 0.15) is 52.4 Å². The van der Waals surface area contributed by atoms with E-state index in [0.29, 0.717) is 5.54 Å². The first-order valence-corrected chi connectivity index (χ1v) is 5.58. The van der Waals surface area contributed by atoms with E-state index in [1.807, 2.05) is 0 Å². The van der Waals surface area contributed by atoms with E-state index in [2.05, 4.69) is 25.7 Å². The summed E-state index contributed by atoms with van der Waals surface area (Å²) in [7, 11) is 0. The van der Waals surface area contributed by atoms with E-state index in [-0.39, 0.29) is 0 Å². The zero-order chi connectivity index (χ0) is 9.73. The molecule has 76 valence electrons. The van der Waals surface area contributed by atoms with Gasteiger partial charge in [-0.2, -0.15) is 0 Å². The van der Waals surface area contributed by atoms with Crippen molar-refractivity contribution in [3.05, 3.63) is 12.2 Å². The van der Waals surface area contributed by atoms with Crippen molar-refractivity contribution >= 4 is 0 Å². The third-order valence-electron chi connectivity index (χ3n) is 3.10. The molecule has 1 heteroatoms. The van der Waals surface area contributed by atoms with Crippen LogP contribution in [0, 0.1) is 0 Å². The summed E-state index contributed by atoms with van der Waals surface area (Å²) in [6, 6.07) is 0. The standard InChI is InChI=1S/C12H23N/c1-4-11(2)10-12(3)8-6-5-7-9-13-12/h13H,2,4-10H2,1,3H3. The maximum Gasteiger partial charge on any atom is 0.0190 e. The van der Waals surface area contributed by atoms with Crippen molar-refractivity contribution < 1.29 is 0 Å². The van der Waals surface area contributed by atoms with Gasteiger partial charge in [0.1, 0.15) is 0 Å². The lowest BCUT2D eigenvalue weighted by atomic mass is 9.88. The van der Waals surface area contributed by atoms with E-state index in [1.54, 1.807) is 0 Å². The number of rotatable bonds is 3. The fourth-order valence-corrected chi connectivity index (χ4v) is 2.12. The van der Waals surface area contributed by atoms with E-state index in [9.17, 15) is 0 Å². The Bertz CT molecular complexity index is 164. The van der Waals surface area contributed by atoms with Gasteiger partial charge in [-0.3, -0.25) is 0 Å². The molecule has 13 heavy (non-hydrogen) atoms. The van der Waals surface area contributed by atoms with E-state index in [0.717, 1.165) is 12.8 Å². The first-order valence-electron chi connectivity index (χ1n) is 5.58. The molecular formula is C12H23N. The fourth-order valence-electron chi connectivity index (χ4n) is 2.12. The fraction of sp³-hybridized carbons (Fsp3) is 0.833. The number of nitrogens with one attached hydrogen (secondary N) is 1. The maximum atomic E-state index is 4.10. The van der Waals surface area contributed by atoms with Crippen molar-refractivity contribution in [2.75, 3.05) is 6.54 Å². The van der Waals surface area contributed by atoms with Crippen LogP contribution in [0.15, 0.2) is 12.2 Å². The molecule has 0 spiro atoms. The van der Waals surface area contributed by atoms with E-state index >= 15 is 0 Å². The smallest absolute Gasteiger partial charge is 0.0190 e. The van der Waals surface area contributed by atoms with E-state index < -0.39 is 0 Å². The highest BCUT2D eigenvalue weighted by molar-refractivity contribution is 5.02. The molecule has 0 bridgehead atoms. The van der Waals surface area contributed by atoms with Crippen LogP contribution in [0.4, 0.5) is 0 Å². The minimum Gasteiger partial charge on any atom is -0.311 e. The molecule has 0 amide bonds. The molecule has 1 saturated heterocycles. The Hall–Kier alpha value is -0.300. The summed E-state index contributed by atoms with van der Waals surface area (Å²) in [6.07, 6.45) is 7.70. The average molecular weight is 181 g/mol. The molecular weight excluding hydrogens is 158 g/mol. The summed E-state index contributed by atoms with van der Waals surface area (Å²) in [4.78, 5) is 0. The second kappa shape index (κ2) is 4.80. The Morgan fingerprint density at radius 3 is 2.85 bits per heavy atom. The quantitative estimate of drug-likeness (QED) is 0.659. The van der Waals surface area contributed by atoms with Crippen LogP contribution in [-0.2, 0) is 0 Å². The van der Waals surface area contributed by atoms with Gasteiger partial charge in [0.15, 0.2) is 0 Å². The SMILES string of the molecule is C=C(CC)CC1(C)CCCCCN1. The predicted octanol–water partition coefficient (Wildman–Crippen LogP) is 3.27. The highest BCUT2D eigenvalue weighted by Crippen LogP contribution is 2.25. The summed E-state index contributed by atoms with van der Waals surface area (Å²) in [6.45, 7) is 9.83. The molecule has 1 rings (SSSR count). The van der Waals surface area contributed by atoms with Gasteiger partial charge >= 0.3 is 0 Å². The second-order valence-corrected chi connectivity index (χ2v) is 4.58. The molecule has 0 saturated carbocycles. The Kier molecular flexibility index (Phi) is 3.98. The third kappa shape index (κ3) is 3.51. The molecule has 0 aromatic heterocycles. The third-order valence-corrected chi connectivity index (χ3v) is 3.10. The zero-order valence-electron chi connectivity index (χ0n) is 9.16.